The van der Waals surface area contributed by atoms with E-state index in [9.17, 15) is 4.79 Å². The predicted octanol–water partition coefficient (Wildman–Crippen LogP) is -0.936. The fourth-order valence-corrected chi connectivity index (χ4v) is 0. The van der Waals surface area contributed by atoms with E-state index in [0.29, 0.717) is 0 Å². The Bertz CT molecular complexity index is 42.9. The highest BCUT2D eigenvalue weighted by atomic mass is 16.3. The van der Waals surface area contributed by atoms with Crippen LogP contribution >= 0.6 is 0 Å². The molecule has 0 heterocycles. The van der Waals surface area contributed by atoms with Gasteiger partial charge in [0.1, 0.15) is 0 Å². The molecule has 0 aromatic rings. The lowest BCUT2D eigenvalue weighted by molar-refractivity contribution is -0.118. The van der Waals surface area contributed by atoms with Gasteiger partial charge in [-0.25, -0.2) is 5.11 Å². The van der Waals surface area contributed by atoms with Gasteiger partial charge in [0.25, 0.3) is 5.91 Å². The van der Waals surface area contributed by atoms with Crippen LogP contribution in [-0.2, 0) is 9.90 Å². The van der Waals surface area contributed by atoms with E-state index in [1.807, 2.05) is 0 Å². The van der Waals surface area contributed by atoms with Gasteiger partial charge in [-0.1, -0.05) is 0 Å². The van der Waals surface area contributed by atoms with Crippen LogP contribution in [0.1, 0.15) is 0 Å². The molecule has 0 saturated heterocycles. The first-order valence-electron chi connectivity index (χ1n) is 1.02. The highest BCUT2D eigenvalue weighted by molar-refractivity contribution is 5.80. The van der Waals surface area contributed by atoms with Crippen molar-refractivity contribution in [2.75, 3.05) is 0 Å². The maximum Gasteiger partial charge on any atom is 0.253 e. The van der Waals surface area contributed by atoms with E-state index in [-0.39, 0.29) is 6.61 Å². The molecule has 0 aliphatic carbocycles. The van der Waals surface area contributed by atoms with Crippen molar-refractivity contribution in [3.05, 3.63) is 6.61 Å². The van der Waals surface area contributed by atoms with Gasteiger partial charge in [0, 0.05) is 0 Å². The van der Waals surface area contributed by atoms with E-state index < -0.39 is 5.91 Å². The molecule has 3 heteroatoms. The summed E-state index contributed by atoms with van der Waals surface area (Å²) >= 11 is 0. The van der Waals surface area contributed by atoms with Crippen molar-refractivity contribution in [2.24, 2.45) is 5.73 Å². The third-order valence-corrected chi connectivity index (χ3v) is 0.116. The SMILES string of the molecule is NC(=O)[CH][O]. The van der Waals surface area contributed by atoms with Crippen molar-refractivity contribution < 1.29 is 9.90 Å². The number of hydrogen-bond donors (Lipinski definition) is 1. The van der Waals surface area contributed by atoms with Gasteiger partial charge >= 0.3 is 0 Å². The summed E-state index contributed by atoms with van der Waals surface area (Å²) in [7, 11) is 0. The molecule has 0 aromatic heterocycles. The molecule has 0 saturated carbocycles. The minimum atomic E-state index is -0.926. The number of amides is 1. The second kappa shape index (κ2) is 1.72. The van der Waals surface area contributed by atoms with Crippen LogP contribution in [0.15, 0.2) is 0 Å². The number of primary amides is 1. The Morgan fingerprint density at radius 3 is 2.00 bits per heavy atom. The van der Waals surface area contributed by atoms with Crippen LogP contribution in [0.25, 0.3) is 0 Å². The Kier molecular flexibility index (Phi) is 1.53. The van der Waals surface area contributed by atoms with Gasteiger partial charge in [0.05, 0.1) is 0 Å². The first-order valence-corrected chi connectivity index (χ1v) is 1.02. The molecular weight excluding hydrogens is 70.0 g/mol. The molecule has 0 aliphatic heterocycles. The van der Waals surface area contributed by atoms with Gasteiger partial charge in [0.2, 0.25) is 6.61 Å². The van der Waals surface area contributed by atoms with Crippen LogP contribution in [0.4, 0.5) is 0 Å². The highest BCUT2D eigenvalue weighted by Gasteiger charge is 1.83. The smallest absolute Gasteiger partial charge is 0.253 e. The maximum absolute atomic E-state index is 9.22. The van der Waals surface area contributed by atoms with Gasteiger partial charge in [-0.05, 0) is 0 Å². The van der Waals surface area contributed by atoms with Gasteiger partial charge in [-0.3, -0.25) is 4.79 Å². The lowest BCUT2D eigenvalue weighted by atomic mass is 10.7. The van der Waals surface area contributed by atoms with E-state index in [1.54, 1.807) is 0 Å². The Balaban J connectivity index is 2.85. The zero-order chi connectivity index (χ0) is 4.28. The van der Waals surface area contributed by atoms with Crippen LogP contribution in [0.5, 0.6) is 0 Å². The second-order valence-corrected chi connectivity index (χ2v) is 0.520. The molecule has 0 bridgehead atoms. The Labute approximate surface area is 29.4 Å². The summed E-state index contributed by atoms with van der Waals surface area (Å²) < 4.78 is 0. The summed E-state index contributed by atoms with van der Waals surface area (Å²) in [6, 6.07) is 0. The summed E-state index contributed by atoms with van der Waals surface area (Å²) in [5.41, 5.74) is 4.28. The van der Waals surface area contributed by atoms with Crippen LogP contribution < -0.4 is 5.73 Å². The van der Waals surface area contributed by atoms with Crippen molar-refractivity contribution in [3.8, 4) is 0 Å². The Morgan fingerprint density at radius 2 is 2.00 bits per heavy atom. The molecule has 0 fully saturated rings. The normalized spacial score (nSPS) is 7.40. The summed E-state index contributed by atoms with van der Waals surface area (Å²) in [5, 5.41) is 9.03. The second-order valence-electron chi connectivity index (χ2n) is 0.520. The largest absolute Gasteiger partial charge is 0.367 e. The fourth-order valence-electron chi connectivity index (χ4n) is 0. The van der Waals surface area contributed by atoms with Crippen molar-refractivity contribution in [3.63, 3.8) is 0 Å². The summed E-state index contributed by atoms with van der Waals surface area (Å²) in [5.74, 6) is -0.926. The van der Waals surface area contributed by atoms with E-state index in [0.717, 1.165) is 0 Å². The average molecular weight is 73.1 g/mol. The quantitative estimate of drug-likeness (QED) is 0.428. The number of carbonyl (C=O) groups is 1. The Morgan fingerprint density at radius 1 is 1.80 bits per heavy atom. The lowest BCUT2D eigenvalue weighted by Gasteiger charge is -1.68. The van der Waals surface area contributed by atoms with Gasteiger partial charge in [-0.15, -0.1) is 0 Å². The molecule has 1 amide bonds. The van der Waals surface area contributed by atoms with Crippen LogP contribution in [0.2, 0.25) is 0 Å². The zero-order valence-electron chi connectivity index (χ0n) is 2.47. The third kappa shape index (κ3) is 3.43. The summed E-state index contributed by atoms with van der Waals surface area (Å²) in [4.78, 5) is 9.22. The summed E-state index contributed by atoms with van der Waals surface area (Å²) in [6.45, 7) is 0.0556. The average Bonchev–Trinajstić information content (AvgIpc) is 1.38. The number of carbonyl (C=O) groups excluding carboxylic acids is 1. The third-order valence-electron chi connectivity index (χ3n) is 0.116. The Hall–Kier alpha value is -0.570. The topological polar surface area (TPSA) is 63.0 Å². The number of rotatable bonds is 1. The standard InChI is InChI=1S/C2H3NO2/c3-2(5)1-4/h1H,(H2,3,5). The molecule has 2 N–H and O–H groups in total. The number of nitrogens with two attached hydrogens (primary N) is 1. The molecule has 0 unspecified atom stereocenters. The van der Waals surface area contributed by atoms with Crippen LogP contribution in [0.3, 0.4) is 0 Å². The van der Waals surface area contributed by atoms with Crippen LogP contribution in [-0.4, -0.2) is 5.91 Å². The summed E-state index contributed by atoms with van der Waals surface area (Å²) in [6.07, 6.45) is 0. The molecular formula is C2H3NO2. The fraction of sp³-hybridized carbons (Fsp3) is 0. The molecule has 0 spiro atoms. The first-order chi connectivity index (χ1) is 2.27. The lowest BCUT2D eigenvalue weighted by Crippen LogP contribution is -2.08. The zero-order valence-corrected chi connectivity index (χ0v) is 2.47. The molecule has 28 valence electrons. The molecule has 2 radical (unpaired) electrons. The van der Waals surface area contributed by atoms with Gasteiger partial charge in [-0.2, -0.15) is 0 Å². The van der Waals surface area contributed by atoms with Crippen molar-refractivity contribution >= 4 is 5.91 Å². The molecule has 0 aliphatic rings. The maximum atomic E-state index is 9.22. The minimum Gasteiger partial charge on any atom is -0.367 e. The molecule has 5 heavy (non-hydrogen) atoms. The molecule has 0 atom stereocenters. The molecule has 0 rings (SSSR count). The molecule has 3 nitrogen and oxygen atoms in total. The minimum absolute atomic E-state index is 0.0556. The van der Waals surface area contributed by atoms with Crippen molar-refractivity contribution in [1.82, 2.24) is 0 Å². The van der Waals surface area contributed by atoms with E-state index in [4.69, 9.17) is 5.11 Å². The van der Waals surface area contributed by atoms with Gasteiger partial charge < -0.3 is 5.73 Å². The first kappa shape index (κ1) is 4.43. The van der Waals surface area contributed by atoms with Crippen molar-refractivity contribution in [1.29, 1.82) is 0 Å². The van der Waals surface area contributed by atoms with Crippen LogP contribution in [0, 0.1) is 6.61 Å². The highest BCUT2D eigenvalue weighted by Crippen LogP contribution is 1.55. The number of hydrogen-bond acceptors (Lipinski definition) is 1. The van der Waals surface area contributed by atoms with E-state index in [2.05, 4.69) is 5.73 Å². The van der Waals surface area contributed by atoms with E-state index in [1.165, 1.54) is 0 Å². The predicted molar refractivity (Wildman–Crippen MR) is 14.2 cm³/mol. The molecule has 0 aromatic carbocycles. The van der Waals surface area contributed by atoms with Crippen molar-refractivity contribution in [2.45, 2.75) is 0 Å². The monoisotopic (exact) mass is 73.0 g/mol. The van der Waals surface area contributed by atoms with Gasteiger partial charge in [0.15, 0.2) is 0 Å². The van der Waals surface area contributed by atoms with E-state index >= 15 is 0 Å².